The Kier molecular flexibility index (Phi) is 3.55. The number of para-hydroxylation sites is 1. The number of fused-ring (bicyclic) bond motifs is 2. The van der Waals surface area contributed by atoms with Crippen LogP contribution in [0.1, 0.15) is 37.7 Å². The largest absolute Gasteiger partial charge is 0.480 e. The summed E-state index contributed by atoms with van der Waals surface area (Å²) < 4.78 is 18.0. The number of anilines is 1. The molecule has 1 aliphatic carbocycles. The molecule has 1 spiro atoms. The van der Waals surface area contributed by atoms with Crippen molar-refractivity contribution in [3.63, 3.8) is 0 Å². The van der Waals surface area contributed by atoms with Crippen LogP contribution in [-0.2, 0) is 11.2 Å². The SMILES string of the molecule is O=C(Nc1ccc2c(c1)OC1(CCCCC1)O2)[C@H]1Cc2ccccc2O1. The number of ether oxygens (including phenoxy) is 3. The van der Waals surface area contributed by atoms with Crippen molar-refractivity contribution in [2.24, 2.45) is 0 Å². The lowest BCUT2D eigenvalue weighted by atomic mass is 9.94. The second kappa shape index (κ2) is 5.94. The highest BCUT2D eigenvalue weighted by Gasteiger charge is 2.42. The lowest BCUT2D eigenvalue weighted by molar-refractivity contribution is -0.122. The molecule has 134 valence electrons. The van der Waals surface area contributed by atoms with Gasteiger partial charge in [-0.05, 0) is 36.6 Å². The Bertz CT molecular complexity index is 832. The van der Waals surface area contributed by atoms with E-state index in [1.807, 2.05) is 42.5 Å². The standard InChI is InChI=1S/C21H21NO4/c23-20(19-12-14-6-2-3-7-16(14)24-19)22-15-8-9-17-18(13-15)26-21(25-17)10-4-1-5-11-21/h2-3,6-9,13,19H,1,4-5,10-12H2,(H,22,23)/t19-/m1/s1. The number of carbonyl (C=O) groups is 1. The normalized spacial score (nSPS) is 21.9. The van der Waals surface area contributed by atoms with E-state index in [0.717, 1.165) is 42.7 Å². The molecule has 0 radical (unpaired) electrons. The molecule has 2 heterocycles. The molecule has 3 aliphatic rings. The maximum absolute atomic E-state index is 12.6. The molecule has 0 bridgehead atoms. The van der Waals surface area contributed by atoms with Gasteiger partial charge in [-0.25, -0.2) is 0 Å². The molecule has 1 atom stereocenters. The first-order valence-corrected chi connectivity index (χ1v) is 9.28. The Balaban J connectivity index is 1.28. The molecule has 2 aliphatic heterocycles. The van der Waals surface area contributed by atoms with Crippen LogP contribution >= 0.6 is 0 Å². The van der Waals surface area contributed by atoms with Crippen LogP contribution in [0.5, 0.6) is 17.2 Å². The van der Waals surface area contributed by atoms with Crippen molar-refractivity contribution in [2.45, 2.75) is 50.4 Å². The molecule has 0 unspecified atom stereocenters. The van der Waals surface area contributed by atoms with Crippen LogP contribution in [0.3, 0.4) is 0 Å². The second-order valence-corrected chi connectivity index (χ2v) is 7.24. The van der Waals surface area contributed by atoms with E-state index in [2.05, 4.69) is 5.32 Å². The summed E-state index contributed by atoms with van der Waals surface area (Å²) in [5, 5.41) is 2.94. The molecule has 2 aromatic rings. The van der Waals surface area contributed by atoms with E-state index in [0.29, 0.717) is 17.9 Å². The number of nitrogens with one attached hydrogen (secondary N) is 1. The van der Waals surface area contributed by atoms with Crippen LogP contribution in [0.2, 0.25) is 0 Å². The highest BCUT2D eigenvalue weighted by atomic mass is 16.7. The molecular formula is C21H21NO4. The van der Waals surface area contributed by atoms with Crippen molar-refractivity contribution < 1.29 is 19.0 Å². The van der Waals surface area contributed by atoms with E-state index >= 15 is 0 Å². The minimum Gasteiger partial charge on any atom is -0.480 e. The van der Waals surface area contributed by atoms with Crippen molar-refractivity contribution in [1.82, 2.24) is 0 Å². The number of carbonyl (C=O) groups excluding carboxylic acids is 1. The predicted molar refractivity (Wildman–Crippen MR) is 96.7 cm³/mol. The van der Waals surface area contributed by atoms with Crippen molar-refractivity contribution in [3.8, 4) is 17.2 Å². The van der Waals surface area contributed by atoms with Gasteiger partial charge in [0.1, 0.15) is 5.75 Å². The van der Waals surface area contributed by atoms with Gasteiger partial charge in [0.25, 0.3) is 11.7 Å². The van der Waals surface area contributed by atoms with E-state index in [-0.39, 0.29) is 5.91 Å². The summed E-state index contributed by atoms with van der Waals surface area (Å²) in [6, 6.07) is 13.3. The Morgan fingerprint density at radius 1 is 0.962 bits per heavy atom. The van der Waals surface area contributed by atoms with Crippen LogP contribution in [0, 0.1) is 0 Å². The Hall–Kier alpha value is -2.69. The van der Waals surface area contributed by atoms with E-state index in [4.69, 9.17) is 14.2 Å². The minimum absolute atomic E-state index is 0.146. The van der Waals surface area contributed by atoms with Gasteiger partial charge in [-0.2, -0.15) is 0 Å². The number of benzene rings is 2. The molecule has 5 heteroatoms. The Labute approximate surface area is 152 Å². The van der Waals surface area contributed by atoms with Crippen LogP contribution < -0.4 is 19.5 Å². The van der Waals surface area contributed by atoms with Gasteiger partial charge in [-0.1, -0.05) is 24.6 Å². The maximum atomic E-state index is 12.6. The van der Waals surface area contributed by atoms with Gasteiger partial charge in [0, 0.05) is 31.0 Å². The van der Waals surface area contributed by atoms with Crippen LogP contribution in [0.25, 0.3) is 0 Å². The molecule has 0 aromatic heterocycles. The highest BCUT2D eigenvalue weighted by molar-refractivity contribution is 5.95. The molecular weight excluding hydrogens is 330 g/mol. The van der Waals surface area contributed by atoms with Crippen molar-refractivity contribution in [3.05, 3.63) is 48.0 Å². The average Bonchev–Trinajstić information content (AvgIpc) is 3.23. The first kappa shape index (κ1) is 15.6. The van der Waals surface area contributed by atoms with E-state index in [9.17, 15) is 4.79 Å². The molecule has 1 N–H and O–H groups in total. The molecule has 5 rings (SSSR count). The third-order valence-corrected chi connectivity index (χ3v) is 5.36. The van der Waals surface area contributed by atoms with Gasteiger partial charge >= 0.3 is 0 Å². The smallest absolute Gasteiger partial charge is 0.265 e. The molecule has 1 amide bonds. The lowest BCUT2D eigenvalue weighted by Crippen LogP contribution is -2.40. The fourth-order valence-corrected chi connectivity index (χ4v) is 4.02. The third kappa shape index (κ3) is 2.68. The minimum atomic E-state index is -0.501. The summed E-state index contributed by atoms with van der Waals surface area (Å²) in [4.78, 5) is 12.6. The van der Waals surface area contributed by atoms with Crippen LogP contribution in [-0.4, -0.2) is 17.8 Å². The van der Waals surface area contributed by atoms with E-state index in [1.165, 1.54) is 6.42 Å². The number of rotatable bonds is 2. The van der Waals surface area contributed by atoms with Gasteiger partial charge in [0.15, 0.2) is 17.6 Å². The predicted octanol–water partition coefficient (Wildman–Crippen LogP) is 4.06. The molecule has 1 fully saturated rings. The van der Waals surface area contributed by atoms with Crippen molar-refractivity contribution in [2.75, 3.05) is 5.32 Å². The molecule has 26 heavy (non-hydrogen) atoms. The zero-order chi connectivity index (χ0) is 17.6. The first-order chi connectivity index (χ1) is 12.7. The zero-order valence-electron chi connectivity index (χ0n) is 14.5. The lowest BCUT2D eigenvalue weighted by Gasteiger charge is -2.31. The summed E-state index contributed by atoms with van der Waals surface area (Å²) in [5.41, 5.74) is 1.77. The topological polar surface area (TPSA) is 56.8 Å². The average molecular weight is 351 g/mol. The van der Waals surface area contributed by atoms with Gasteiger partial charge in [0.05, 0.1) is 0 Å². The zero-order valence-corrected chi connectivity index (χ0v) is 14.5. The fraction of sp³-hybridized carbons (Fsp3) is 0.381. The van der Waals surface area contributed by atoms with Gasteiger partial charge in [-0.15, -0.1) is 0 Å². The Morgan fingerprint density at radius 2 is 1.77 bits per heavy atom. The summed E-state index contributed by atoms with van der Waals surface area (Å²) in [6.45, 7) is 0. The number of hydrogen-bond donors (Lipinski definition) is 1. The van der Waals surface area contributed by atoms with Gasteiger partial charge in [0.2, 0.25) is 0 Å². The maximum Gasteiger partial charge on any atom is 0.265 e. The molecule has 2 aromatic carbocycles. The third-order valence-electron chi connectivity index (χ3n) is 5.36. The summed E-state index contributed by atoms with van der Waals surface area (Å²) >= 11 is 0. The quantitative estimate of drug-likeness (QED) is 0.886. The van der Waals surface area contributed by atoms with Gasteiger partial charge < -0.3 is 19.5 Å². The van der Waals surface area contributed by atoms with Gasteiger partial charge in [-0.3, -0.25) is 4.79 Å². The highest BCUT2D eigenvalue weighted by Crippen LogP contribution is 2.46. The summed E-state index contributed by atoms with van der Waals surface area (Å²) in [7, 11) is 0. The second-order valence-electron chi connectivity index (χ2n) is 7.24. The summed E-state index contributed by atoms with van der Waals surface area (Å²) in [6.07, 6.45) is 5.40. The van der Waals surface area contributed by atoms with Crippen LogP contribution in [0.4, 0.5) is 5.69 Å². The molecule has 0 saturated heterocycles. The molecule has 5 nitrogen and oxygen atoms in total. The number of amides is 1. The van der Waals surface area contributed by atoms with Crippen molar-refractivity contribution in [1.29, 1.82) is 0 Å². The van der Waals surface area contributed by atoms with E-state index < -0.39 is 11.9 Å². The van der Waals surface area contributed by atoms with E-state index in [1.54, 1.807) is 0 Å². The van der Waals surface area contributed by atoms with Crippen LogP contribution in [0.15, 0.2) is 42.5 Å². The number of hydrogen-bond acceptors (Lipinski definition) is 4. The first-order valence-electron chi connectivity index (χ1n) is 9.28. The fourth-order valence-electron chi connectivity index (χ4n) is 4.02. The van der Waals surface area contributed by atoms with Crippen molar-refractivity contribution >= 4 is 11.6 Å². The Morgan fingerprint density at radius 3 is 2.62 bits per heavy atom. The monoisotopic (exact) mass is 351 g/mol. The molecule has 1 saturated carbocycles. The summed E-state index contributed by atoms with van der Waals surface area (Å²) in [5.74, 6) is 1.61.